The van der Waals surface area contributed by atoms with Gasteiger partial charge in [0.1, 0.15) is 6.04 Å². The van der Waals surface area contributed by atoms with E-state index in [1.807, 2.05) is 0 Å². The van der Waals surface area contributed by atoms with Crippen LogP contribution in [0.4, 0.5) is 5.69 Å². The highest BCUT2D eigenvalue weighted by atomic mass is 16.2. The first-order chi connectivity index (χ1) is 14.4. The third-order valence-electron chi connectivity index (χ3n) is 6.59. The Labute approximate surface area is 172 Å². The second-order valence-electron chi connectivity index (χ2n) is 8.70. The molecule has 156 valence electrons. The number of benzene rings is 1. The maximum atomic E-state index is 13.0. The lowest BCUT2D eigenvalue weighted by molar-refractivity contribution is -0.136. The van der Waals surface area contributed by atoms with Crippen molar-refractivity contribution in [3.05, 3.63) is 29.3 Å². The van der Waals surface area contributed by atoms with Crippen LogP contribution in [0.5, 0.6) is 0 Å². The van der Waals surface area contributed by atoms with Gasteiger partial charge in [-0.2, -0.15) is 0 Å². The zero-order chi connectivity index (χ0) is 21.0. The van der Waals surface area contributed by atoms with Crippen molar-refractivity contribution in [3.8, 4) is 0 Å². The van der Waals surface area contributed by atoms with E-state index in [4.69, 9.17) is 0 Å². The molecule has 9 heteroatoms. The summed E-state index contributed by atoms with van der Waals surface area (Å²) in [6, 6.07) is 3.99. The summed E-state index contributed by atoms with van der Waals surface area (Å²) in [7, 11) is 0. The number of anilines is 1. The average molecular weight is 410 g/mol. The SMILES string of the molecule is O=C1CCC(N2C(=O)c3cccc(NCC(=O)NC4CC5(CC5)C4)c3C2=O)C(=O)N1. The quantitative estimate of drug-likeness (QED) is 0.609. The lowest BCUT2D eigenvalue weighted by Gasteiger charge is -2.36. The van der Waals surface area contributed by atoms with Crippen molar-refractivity contribution in [2.24, 2.45) is 5.41 Å². The van der Waals surface area contributed by atoms with E-state index in [0.717, 1.165) is 17.7 Å². The van der Waals surface area contributed by atoms with Gasteiger partial charge in [0.25, 0.3) is 11.8 Å². The van der Waals surface area contributed by atoms with E-state index in [1.54, 1.807) is 12.1 Å². The summed E-state index contributed by atoms with van der Waals surface area (Å²) >= 11 is 0. The van der Waals surface area contributed by atoms with Gasteiger partial charge in [-0.1, -0.05) is 6.07 Å². The van der Waals surface area contributed by atoms with Gasteiger partial charge in [-0.3, -0.25) is 34.2 Å². The van der Waals surface area contributed by atoms with Gasteiger partial charge < -0.3 is 10.6 Å². The molecule has 0 radical (unpaired) electrons. The normalized spacial score (nSPS) is 24.4. The first-order valence-corrected chi connectivity index (χ1v) is 10.2. The van der Waals surface area contributed by atoms with Crippen molar-refractivity contribution in [1.82, 2.24) is 15.5 Å². The maximum Gasteiger partial charge on any atom is 0.264 e. The highest BCUT2D eigenvalue weighted by molar-refractivity contribution is 6.25. The number of nitrogens with one attached hydrogen (secondary N) is 3. The first-order valence-electron chi connectivity index (χ1n) is 10.2. The van der Waals surface area contributed by atoms with E-state index in [0.29, 0.717) is 11.1 Å². The van der Waals surface area contributed by atoms with E-state index in [2.05, 4.69) is 16.0 Å². The summed E-state index contributed by atoms with van der Waals surface area (Å²) in [6.45, 7) is -0.0140. The van der Waals surface area contributed by atoms with Crippen LogP contribution in [-0.4, -0.2) is 53.1 Å². The average Bonchev–Trinajstić information content (AvgIpc) is 3.43. The Morgan fingerprint density at radius 2 is 1.90 bits per heavy atom. The fourth-order valence-electron chi connectivity index (χ4n) is 4.79. The van der Waals surface area contributed by atoms with Crippen LogP contribution in [-0.2, 0) is 14.4 Å². The lowest BCUT2D eigenvalue weighted by Crippen LogP contribution is -2.54. The zero-order valence-corrected chi connectivity index (χ0v) is 16.3. The molecule has 1 saturated heterocycles. The van der Waals surface area contributed by atoms with Gasteiger partial charge >= 0.3 is 0 Å². The number of nitrogens with zero attached hydrogens (tertiary/aromatic N) is 1. The van der Waals surface area contributed by atoms with E-state index in [9.17, 15) is 24.0 Å². The molecule has 4 aliphatic rings. The largest absolute Gasteiger partial charge is 0.375 e. The molecule has 1 atom stereocenters. The number of piperidine rings is 1. The molecule has 0 bridgehead atoms. The van der Waals surface area contributed by atoms with Gasteiger partial charge in [0.2, 0.25) is 17.7 Å². The van der Waals surface area contributed by atoms with Crippen molar-refractivity contribution in [2.75, 3.05) is 11.9 Å². The Morgan fingerprint density at radius 3 is 2.60 bits per heavy atom. The van der Waals surface area contributed by atoms with Crippen LogP contribution in [0.1, 0.15) is 59.2 Å². The molecule has 2 heterocycles. The summed E-state index contributed by atoms with van der Waals surface area (Å²) in [5.41, 5.74) is 1.21. The molecular weight excluding hydrogens is 388 g/mol. The van der Waals surface area contributed by atoms with Crippen LogP contribution < -0.4 is 16.0 Å². The zero-order valence-electron chi connectivity index (χ0n) is 16.3. The fourth-order valence-corrected chi connectivity index (χ4v) is 4.79. The minimum absolute atomic E-state index is 0.0140. The van der Waals surface area contributed by atoms with Crippen molar-refractivity contribution >= 4 is 35.2 Å². The second-order valence-corrected chi connectivity index (χ2v) is 8.70. The third-order valence-corrected chi connectivity index (χ3v) is 6.59. The predicted molar refractivity (Wildman–Crippen MR) is 104 cm³/mol. The number of hydrogen-bond acceptors (Lipinski definition) is 6. The molecule has 1 spiro atoms. The van der Waals surface area contributed by atoms with Crippen LogP contribution in [0.3, 0.4) is 0 Å². The highest BCUT2D eigenvalue weighted by Crippen LogP contribution is 2.60. The molecule has 5 amide bonds. The van der Waals surface area contributed by atoms with Crippen LogP contribution >= 0.6 is 0 Å². The number of carbonyl (C=O) groups is 5. The molecule has 2 aliphatic carbocycles. The van der Waals surface area contributed by atoms with Gasteiger partial charge in [0, 0.05) is 18.2 Å². The summed E-state index contributed by atoms with van der Waals surface area (Å²) in [6.07, 6.45) is 4.75. The number of imide groups is 2. The first kappa shape index (κ1) is 18.8. The number of hydrogen-bond donors (Lipinski definition) is 3. The van der Waals surface area contributed by atoms with Crippen molar-refractivity contribution in [1.29, 1.82) is 0 Å². The van der Waals surface area contributed by atoms with E-state index >= 15 is 0 Å². The second kappa shape index (κ2) is 6.65. The van der Waals surface area contributed by atoms with Gasteiger partial charge in [-0.25, -0.2) is 0 Å². The Morgan fingerprint density at radius 1 is 1.13 bits per heavy atom. The summed E-state index contributed by atoms with van der Waals surface area (Å²) in [4.78, 5) is 62.6. The number of carbonyl (C=O) groups excluding carboxylic acids is 5. The van der Waals surface area contributed by atoms with E-state index < -0.39 is 29.7 Å². The molecule has 1 unspecified atom stereocenters. The molecule has 2 aliphatic heterocycles. The van der Waals surface area contributed by atoms with Crippen LogP contribution in [0, 0.1) is 5.41 Å². The number of amides is 5. The molecule has 9 nitrogen and oxygen atoms in total. The Kier molecular flexibility index (Phi) is 4.16. The standard InChI is InChI=1S/C21H22N4O5/c26-15-5-4-14(18(28)24-15)25-19(29)12-2-1-3-13(17(12)20(25)30)22-10-16(27)23-11-8-21(9-11)6-7-21/h1-3,11,14,22H,4-10H2,(H,23,27)(H,24,26,28). The third kappa shape index (κ3) is 3.05. The van der Waals surface area contributed by atoms with Crippen LogP contribution in [0.15, 0.2) is 18.2 Å². The molecule has 0 aromatic heterocycles. The lowest BCUT2D eigenvalue weighted by atomic mass is 9.77. The molecule has 1 aromatic rings. The minimum Gasteiger partial charge on any atom is -0.375 e. The number of fused-ring (bicyclic) bond motifs is 1. The van der Waals surface area contributed by atoms with E-state index in [-0.39, 0.29) is 42.5 Å². The van der Waals surface area contributed by atoms with Crippen LogP contribution in [0.25, 0.3) is 0 Å². The molecule has 5 rings (SSSR count). The summed E-state index contributed by atoms with van der Waals surface area (Å²) < 4.78 is 0. The molecular formula is C21H22N4O5. The maximum absolute atomic E-state index is 13.0. The predicted octanol–water partition coefficient (Wildman–Crippen LogP) is 0.559. The molecule has 3 N–H and O–H groups in total. The van der Waals surface area contributed by atoms with E-state index in [1.165, 1.54) is 18.9 Å². The molecule has 1 aromatic carbocycles. The van der Waals surface area contributed by atoms with Gasteiger partial charge in [0.05, 0.1) is 17.7 Å². The monoisotopic (exact) mass is 410 g/mol. The van der Waals surface area contributed by atoms with Gasteiger partial charge in [-0.15, -0.1) is 0 Å². The van der Waals surface area contributed by atoms with Gasteiger partial charge in [-0.05, 0) is 49.7 Å². The molecule has 3 fully saturated rings. The Hall–Kier alpha value is -3.23. The topological polar surface area (TPSA) is 125 Å². The Bertz CT molecular complexity index is 991. The summed E-state index contributed by atoms with van der Waals surface area (Å²) in [5, 5.41) is 8.13. The molecule has 2 saturated carbocycles. The number of rotatable bonds is 5. The summed E-state index contributed by atoms with van der Waals surface area (Å²) in [5.74, 6) is -2.39. The van der Waals surface area contributed by atoms with Crippen molar-refractivity contribution in [3.63, 3.8) is 0 Å². The highest BCUT2D eigenvalue weighted by Gasteiger charge is 2.53. The molecule has 30 heavy (non-hydrogen) atoms. The van der Waals surface area contributed by atoms with Crippen molar-refractivity contribution < 1.29 is 24.0 Å². The minimum atomic E-state index is -1.01. The fraction of sp³-hybridized carbons (Fsp3) is 0.476. The van der Waals surface area contributed by atoms with Crippen molar-refractivity contribution in [2.45, 2.75) is 50.6 Å². The Balaban J connectivity index is 1.27. The van der Waals surface area contributed by atoms with Gasteiger partial charge in [0.15, 0.2) is 0 Å². The van der Waals surface area contributed by atoms with Crippen LogP contribution in [0.2, 0.25) is 0 Å². The smallest absolute Gasteiger partial charge is 0.264 e.